The average molecular weight is 632 g/mol. The number of alkyl halides is 3. The number of likely N-dealkylation sites (tertiary alicyclic amines) is 1. The van der Waals surface area contributed by atoms with Crippen LogP contribution in [-0.2, 0) is 29.2 Å². The second kappa shape index (κ2) is 11.2. The number of hydrogen-bond acceptors (Lipinski definition) is 5. The van der Waals surface area contributed by atoms with Gasteiger partial charge in [0.2, 0.25) is 5.91 Å². The SMILES string of the molecule is CN(C(=O)/C=C/c1cccc(C(F)(F)F)c1)C1CC[C@@]2(N(C)C)[C@H]3Cc4ccc(O)c5c4[C@@]2(CCN3CCc2ccccc2)C1O5. The predicted molar refractivity (Wildman–Crippen MR) is 171 cm³/mol. The fourth-order valence-electron chi connectivity index (χ4n) is 9.37. The molecule has 1 amide bonds. The number of aromatic hydroxyl groups is 1. The molecule has 46 heavy (non-hydrogen) atoms. The Balaban J connectivity index is 1.23. The Hall–Kier alpha value is -3.82. The highest BCUT2D eigenvalue weighted by atomic mass is 19.4. The molecule has 9 heteroatoms. The lowest BCUT2D eigenvalue weighted by Gasteiger charge is -2.69. The van der Waals surface area contributed by atoms with Crippen molar-refractivity contribution in [2.75, 3.05) is 34.2 Å². The van der Waals surface area contributed by atoms with Crippen LogP contribution in [0.4, 0.5) is 13.2 Å². The lowest BCUT2D eigenvalue weighted by molar-refractivity contribution is -0.160. The Bertz CT molecular complexity index is 1680. The summed E-state index contributed by atoms with van der Waals surface area (Å²) in [4.78, 5) is 20.4. The van der Waals surface area contributed by atoms with Gasteiger partial charge < -0.3 is 19.6 Å². The molecule has 2 unspecified atom stereocenters. The highest BCUT2D eigenvalue weighted by molar-refractivity contribution is 5.92. The van der Waals surface area contributed by atoms with E-state index >= 15 is 0 Å². The number of carbonyl (C=O) groups is 1. The zero-order valence-corrected chi connectivity index (χ0v) is 26.4. The van der Waals surface area contributed by atoms with E-state index in [4.69, 9.17) is 4.74 Å². The van der Waals surface area contributed by atoms with E-state index in [0.717, 1.165) is 56.5 Å². The third kappa shape index (κ3) is 4.57. The van der Waals surface area contributed by atoms with Gasteiger partial charge in [-0.3, -0.25) is 9.69 Å². The van der Waals surface area contributed by atoms with Gasteiger partial charge in [-0.1, -0.05) is 48.5 Å². The number of nitrogens with zero attached hydrogens (tertiary/aromatic N) is 3. The Labute approximate surface area is 268 Å². The summed E-state index contributed by atoms with van der Waals surface area (Å²) in [5.74, 6) is 0.363. The van der Waals surface area contributed by atoms with Crippen LogP contribution >= 0.6 is 0 Å². The normalized spacial score (nSPS) is 28.3. The third-order valence-electron chi connectivity index (χ3n) is 11.3. The number of phenols is 1. The summed E-state index contributed by atoms with van der Waals surface area (Å²) in [5, 5.41) is 11.1. The standard InChI is InChI=1S/C37H40F3N3O3/c1-41(2)36-18-16-28(42(3)31(45)15-12-25-10-7-11-27(22-25)37(38,39)40)34-35(36)19-21-43(20-17-24-8-5-4-6-9-24)30(36)23-26-13-14-29(44)33(46-34)32(26)35/h4-15,22,28,30,34,44H,16-21,23H2,1-3H3/b15-12+/t28?,30-,34?,35+,36-/m1/s1. The zero-order chi connectivity index (χ0) is 32.4. The number of carbonyl (C=O) groups excluding carboxylic acids is 1. The van der Waals surface area contributed by atoms with E-state index in [9.17, 15) is 23.1 Å². The second-order valence-electron chi connectivity index (χ2n) is 13.5. The summed E-state index contributed by atoms with van der Waals surface area (Å²) in [5.41, 5.74) is 2.42. The Kier molecular flexibility index (Phi) is 7.48. The quantitative estimate of drug-likeness (QED) is 0.329. The number of piperidine rings is 1. The van der Waals surface area contributed by atoms with Gasteiger partial charge in [0.25, 0.3) is 0 Å². The topological polar surface area (TPSA) is 56.2 Å². The molecule has 5 atom stereocenters. The van der Waals surface area contributed by atoms with Gasteiger partial charge in [0.15, 0.2) is 11.5 Å². The number of halogens is 3. The first-order chi connectivity index (χ1) is 22.0. The first-order valence-corrected chi connectivity index (χ1v) is 16.1. The zero-order valence-electron chi connectivity index (χ0n) is 26.4. The molecule has 2 heterocycles. The summed E-state index contributed by atoms with van der Waals surface area (Å²) in [6, 6.07) is 19.2. The highest BCUT2D eigenvalue weighted by Gasteiger charge is 2.74. The molecule has 1 saturated carbocycles. The Morgan fingerprint density at radius 2 is 1.85 bits per heavy atom. The van der Waals surface area contributed by atoms with Crippen LogP contribution in [0.5, 0.6) is 11.5 Å². The van der Waals surface area contributed by atoms with Gasteiger partial charge in [-0.15, -0.1) is 0 Å². The van der Waals surface area contributed by atoms with Crippen molar-refractivity contribution in [3.63, 3.8) is 0 Å². The molecule has 3 aromatic rings. The maximum atomic E-state index is 13.6. The number of phenolic OH excluding ortho intramolecular Hbond substituents is 1. The van der Waals surface area contributed by atoms with Crippen LogP contribution in [0.25, 0.3) is 6.08 Å². The lowest BCUT2D eigenvalue weighted by Crippen LogP contribution is -2.82. The minimum absolute atomic E-state index is 0.123. The van der Waals surface area contributed by atoms with Crippen molar-refractivity contribution in [2.24, 2.45) is 0 Å². The Morgan fingerprint density at radius 3 is 2.59 bits per heavy atom. The number of rotatable bonds is 7. The molecular weight excluding hydrogens is 591 g/mol. The van der Waals surface area contributed by atoms with Gasteiger partial charge >= 0.3 is 6.18 Å². The second-order valence-corrected chi connectivity index (χ2v) is 13.5. The van der Waals surface area contributed by atoms with Crippen molar-refractivity contribution in [1.29, 1.82) is 0 Å². The van der Waals surface area contributed by atoms with Crippen LogP contribution in [0.3, 0.4) is 0 Å². The minimum Gasteiger partial charge on any atom is -0.504 e. The van der Waals surface area contributed by atoms with Crippen molar-refractivity contribution in [2.45, 2.75) is 67.4 Å². The molecule has 2 aliphatic carbocycles. The average Bonchev–Trinajstić information content (AvgIpc) is 3.39. The summed E-state index contributed by atoms with van der Waals surface area (Å²) in [6.07, 6.45) is 2.10. The van der Waals surface area contributed by atoms with E-state index in [1.165, 1.54) is 29.3 Å². The first kappa shape index (κ1) is 30.8. The van der Waals surface area contributed by atoms with Crippen LogP contribution in [0, 0.1) is 0 Å². The van der Waals surface area contributed by atoms with Gasteiger partial charge in [-0.25, -0.2) is 0 Å². The van der Waals surface area contributed by atoms with E-state index in [1.807, 2.05) is 12.1 Å². The van der Waals surface area contributed by atoms with E-state index < -0.39 is 17.2 Å². The number of likely N-dealkylation sites (N-methyl/N-ethyl adjacent to an activating group) is 2. The van der Waals surface area contributed by atoms with Crippen LogP contribution in [-0.4, -0.2) is 83.7 Å². The molecule has 0 aromatic heterocycles. The molecule has 7 rings (SSSR count). The summed E-state index contributed by atoms with van der Waals surface area (Å²) in [7, 11) is 6.07. The largest absolute Gasteiger partial charge is 0.504 e. The number of ether oxygens (including phenoxy) is 1. The van der Waals surface area contributed by atoms with E-state index in [0.29, 0.717) is 17.7 Å². The molecule has 2 fully saturated rings. The molecule has 1 spiro atoms. The molecule has 3 aromatic carbocycles. The van der Waals surface area contributed by atoms with Crippen LogP contribution < -0.4 is 4.74 Å². The minimum atomic E-state index is -4.46. The summed E-state index contributed by atoms with van der Waals surface area (Å²) >= 11 is 0. The van der Waals surface area contributed by atoms with Gasteiger partial charge in [-0.05, 0) is 93.7 Å². The van der Waals surface area contributed by atoms with Gasteiger partial charge in [0, 0.05) is 36.8 Å². The molecule has 6 nitrogen and oxygen atoms in total. The van der Waals surface area contributed by atoms with Crippen LogP contribution in [0.15, 0.2) is 72.8 Å². The lowest BCUT2D eigenvalue weighted by atomic mass is 9.46. The number of hydrogen-bond donors (Lipinski definition) is 1. The monoisotopic (exact) mass is 631 g/mol. The van der Waals surface area contributed by atoms with Crippen molar-refractivity contribution < 1.29 is 27.8 Å². The predicted octanol–water partition coefficient (Wildman–Crippen LogP) is 5.92. The third-order valence-corrected chi connectivity index (χ3v) is 11.3. The van der Waals surface area contributed by atoms with Gasteiger partial charge in [-0.2, -0.15) is 13.2 Å². The van der Waals surface area contributed by atoms with Gasteiger partial charge in [0.1, 0.15) is 6.10 Å². The first-order valence-electron chi connectivity index (χ1n) is 16.1. The molecular formula is C37H40F3N3O3. The maximum absolute atomic E-state index is 13.6. The fourth-order valence-corrected chi connectivity index (χ4v) is 9.37. The molecule has 4 aliphatic rings. The van der Waals surface area contributed by atoms with Crippen LogP contribution in [0.2, 0.25) is 0 Å². The fraction of sp³-hybridized carbons (Fsp3) is 0.432. The molecule has 1 saturated heterocycles. The van der Waals surface area contributed by atoms with Crippen molar-refractivity contribution in [1.82, 2.24) is 14.7 Å². The molecule has 2 bridgehead atoms. The Morgan fingerprint density at radius 1 is 1.07 bits per heavy atom. The summed E-state index contributed by atoms with van der Waals surface area (Å²) < 4.78 is 46.6. The number of amides is 1. The van der Waals surface area contributed by atoms with E-state index in [-0.39, 0.29) is 35.4 Å². The number of benzene rings is 3. The smallest absolute Gasteiger partial charge is 0.416 e. The van der Waals surface area contributed by atoms with Gasteiger partial charge in [0.05, 0.1) is 17.0 Å². The van der Waals surface area contributed by atoms with E-state index in [1.54, 1.807) is 24.1 Å². The van der Waals surface area contributed by atoms with Crippen LogP contribution in [0.1, 0.15) is 47.1 Å². The maximum Gasteiger partial charge on any atom is 0.416 e. The van der Waals surface area contributed by atoms with Crippen molar-refractivity contribution >= 4 is 12.0 Å². The van der Waals surface area contributed by atoms with Crippen molar-refractivity contribution in [3.8, 4) is 11.5 Å². The molecule has 1 N–H and O–H groups in total. The van der Waals surface area contributed by atoms with E-state index in [2.05, 4.69) is 48.2 Å². The highest BCUT2D eigenvalue weighted by Crippen LogP contribution is 2.67. The van der Waals surface area contributed by atoms with Crippen molar-refractivity contribution in [3.05, 3.63) is 101 Å². The summed E-state index contributed by atoms with van der Waals surface area (Å²) in [6.45, 7) is 1.82. The molecule has 2 aliphatic heterocycles. The molecule has 0 radical (unpaired) electrons. The molecule has 242 valence electrons.